The van der Waals surface area contributed by atoms with Crippen LogP contribution in [-0.4, -0.2) is 30.6 Å². The molecule has 0 radical (unpaired) electrons. The lowest BCUT2D eigenvalue weighted by molar-refractivity contribution is 0.102. The molecule has 22 heavy (non-hydrogen) atoms. The fourth-order valence-corrected chi connectivity index (χ4v) is 3.54. The van der Waals surface area contributed by atoms with E-state index in [1.165, 1.54) is 23.7 Å². The Morgan fingerprint density at radius 2 is 2.09 bits per heavy atom. The number of nitrogens with zero attached hydrogens (tertiary/aromatic N) is 2. The average Bonchev–Trinajstić information content (AvgIpc) is 2.90. The molecule has 1 aromatic heterocycles. The first-order valence-corrected chi connectivity index (χ1v) is 8.93. The number of carbonyl (C=O) groups excluding carboxylic acids is 1. The van der Waals surface area contributed by atoms with Gasteiger partial charge in [-0.3, -0.25) is 10.1 Å². The van der Waals surface area contributed by atoms with E-state index in [4.69, 9.17) is 11.6 Å². The van der Waals surface area contributed by atoms with E-state index in [2.05, 4.69) is 20.2 Å². The van der Waals surface area contributed by atoms with Crippen LogP contribution in [0.4, 0.5) is 5.13 Å². The molecule has 118 valence electrons. The Morgan fingerprint density at radius 1 is 1.36 bits per heavy atom. The summed E-state index contributed by atoms with van der Waals surface area (Å²) in [7, 11) is -3.71. The molecule has 0 aliphatic carbocycles. The molecule has 0 saturated carbocycles. The van der Waals surface area contributed by atoms with Crippen LogP contribution in [0, 0.1) is 0 Å². The van der Waals surface area contributed by atoms with Crippen molar-refractivity contribution in [2.75, 3.05) is 5.32 Å². The molecule has 1 aromatic carbocycles. The van der Waals surface area contributed by atoms with Crippen molar-refractivity contribution in [1.82, 2.24) is 14.9 Å². The summed E-state index contributed by atoms with van der Waals surface area (Å²) in [6.07, 6.45) is 0. The summed E-state index contributed by atoms with van der Waals surface area (Å²) >= 11 is 7.12. The third-order valence-corrected chi connectivity index (χ3v) is 5.06. The molecule has 0 aliphatic heterocycles. The number of halogens is 1. The number of aromatic nitrogens is 2. The highest BCUT2D eigenvalue weighted by Gasteiger charge is 2.20. The van der Waals surface area contributed by atoms with Crippen LogP contribution in [0.2, 0.25) is 5.02 Å². The normalized spacial score (nSPS) is 11.6. The molecule has 10 heteroatoms. The number of sulfonamides is 1. The zero-order valence-corrected chi connectivity index (χ0v) is 14.1. The first-order valence-electron chi connectivity index (χ1n) is 6.19. The molecule has 0 spiro atoms. The van der Waals surface area contributed by atoms with Crippen molar-refractivity contribution < 1.29 is 13.2 Å². The molecule has 0 bridgehead atoms. The molecule has 1 amide bonds. The second-order valence-electron chi connectivity index (χ2n) is 4.62. The van der Waals surface area contributed by atoms with E-state index in [0.29, 0.717) is 5.13 Å². The van der Waals surface area contributed by atoms with E-state index in [9.17, 15) is 13.2 Å². The molecule has 2 aromatic rings. The van der Waals surface area contributed by atoms with Crippen molar-refractivity contribution in [1.29, 1.82) is 0 Å². The van der Waals surface area contributed by atoms with Crippen LogP contribution in [0.3, 0.4) is 0 Å². The molecule has 0 aliphatic rings. The minimum Gasteiger partial charge on any atom is -0.296 e. The van der Waals surface area contributed by atoms with Gasteiger partial charge in [0, 0.05) is 6.04 Å². The van der Waals surface area contributed by atoms with Crippen LogP contribution in [0.25, 0.3) is 0 Å². The molecule has 2 N–H and O–H groups in total. The standard InChI is InChI=1S/C12H13ClN4O3S2/c1-7(2)17-22(19,20)8-3-4-10(13)9(5-8)11(18)15-12-16-14-6-21-12/h3-7,17H,1-2H3,(H,15,16,18). The third kappa shape index (κ3) is 4.01. The number of hydrogen-bond donors (Lipinski definition) is 2. The van der Waals surface area contributed by atoms with E-state index in [-0.39, 0.29) is 21.5 Å². The van der Waals surface area contributed by atoms with Crippen LogP contribution < -0.4 is 10.0 Å². The lowest BCUT2D eigenvalue weighted by atomic mass is 10.2. The van der Waals surface area contributed by atoms with Gasteiger partial charge in [-0.05, 0) is 32.0 Å². The summed E-state index contributed by atoms with van der Waals surface area (Å²) in [5.74, 6) is -0.552. The molecule has 7 nitrogen and oxygen atoms in total. The van der Waals surface area contributed by atoms with Crippen LogP contribution in [0.5, 0.6) is 0 Å². The van der Waals surface area contributed by atoms with Gasteiger partial charge in [0.2, 0.25) is 15.2 Å². The summed E-state index contributed by atoms with van der Waals surface area (Å²) < 4.78 is 26.7. The Balaban J connectivity index is 2.33. The third-order valence-electron chi connectivity index (χ3n) is 2.46. The fourth-order valence-electron chi connectivity index (χ4n) is 1.62. The predicted molar refractivity (Wildman–Crippen MR) is 84.8 cm³/mol. The van der Waals surface area contributed by atoms with E-state index in [1.54, 1.807) is 13.8 Å². The maximum absolute atomic E-state index is 12.2. The van der Waals surface area contributed by atoms with E-state index < -0.39 is 15.9 Å². The van der Waals surface area contributed by atoms with Gasteiger partial charge in [-0.15, -0.1) is 10.2 Å². The van der Waals surface area contributed by atoms with Gasteiger partial charge in [-0.2, -0.15) is 0 Å². The Hall–Kier alpha value is -1.55. The number of benzene rings is 1. The first kappa shape index (κ1) is 16.8. The molecule has 0 saturated heterocycles. The monoisotopic (exact) mass is 360 g/mol. The predicted octanol–water partition coefficient (Wildman–Crippen LogP) is 2.13. The van der Waals surface area contributed by atoms with Crippen molar-refractivity contribution in [3.05, 3.63) is 34.3 Å². The number of anilines is 1. The average molecular weight is 361 g/mol. The summed E-state index contributed by atoms with van der Waals surface area (Å²) in [5.41, 5.74) is 1.51. The number of nitrogens with one attached hydrogen (secondary N) is 2. The smallest absolute Gasteiger partial charge is 0.259 e. The highest BCUT2D eigenvalue weighted by molar-refractivity contribution is 7.89. The number of rotatable bonds is 5. The summed E-state index contributed by atoms with van der Waals surface area (Å²) in [6, 6.07) is 3.67. The van der Waals surface area contributed by atoms with Crippen LogP contribution in [0.15, 0.2) is 28.6 Å². The highest BCUT2D eigenvalue weighted by atomic mass is 35.5. The van der Waals surface area contributed by atoms with E-state index in [1.807, 2.05) is 0 Å². The Bertz CT molecular complexity index is 776. The molecular formula is C12H13ClN4O3S2. The zero-order chi connectivity index (χ0) is 16.3. The largest absolute Gasteiger partial charge is 0.296 e. The summed E-state index contributed by atoms with van der Waals surface area (Å²) in [5, 5.41) is 10.2. The number of amides is 1. The fraction of sp³-hybridized carbons (Fsp3) is 0.250. The Morgan fingerprint density at radius 3 is 2.68 bits per heavy atom. The second-order valence-corrected chi connectivity index (χ2v) is 7.57. The maximum atomic E-state index is 12.2. The highest BCUT2D eigenvalue weighted by Crippen LogP contribution is 2.22. The number of carbonyl (C=O) groups is 1. The lowest BCUT2D eigenvalue weighted by Gasteiger charge is -2.11. The topological polar surface area (TPSA) is 101 Å². The van der Waals surface area contributed by atoms with Crippen LogP contribution in [0.1, 0.15) is 24.2 Å². The molecule has 0 unspecified atom stereocenters. The summed E-state index contributed by atoms with van der Waals surface area (Å²) in [6.45, 7) is 3.41. The van der Waals surface area contributed by atoms with Crippen LogP contribution >= 0.6 is 22.9 Å². The van der Waals surface area contributed by atoms with Gasteiger partial charge in [0.15, 0.2) is 0 Å². The first-order chi connectivity index (χ1) is 10.3. The number of hydrogen-bond acceptors (Lipinski definition) is 6. The SMILES string of the molecule is CC(C)NS(=O)(=O)c1ccc(Cl)c(C(=O)Nc2nncs2)c1. The second kappa shape index (κ2) is 6.69. The van der Waals surface area contributed by atoms with Crippen molar-refractivity contribution in [3.63, 3.8) is 0 Å². The summed E-state index contributed by atoms with van der Waals surface area (Å²) in [4.78, 5) is 12.1. The van der Waals surface area contributed by atoms with Gasteiger partial charge in [0.25, 0.3) is 5.91 Å². The van der Waals surface area contributed by atoms with Crippen LogP contribution in [-0.2, 0) is 10.0 Å². The van der Waals surface area contributed by atoms with Crippen molar-refractivity contribution >= 4 is 44.0 Å². The van der Waals surface area contributed by atoms with Gasteiger partial charge in [-0.25, -0.2) is 13.1 Å². The van der Waals surface area contributed by atoms with Crippen molar-refractivity contribution in [2.45, 2.75) is 24.8 Å². The van der Waals surface area contributed by atoms with Gasteiger partial charge in [-0.1, -0.05) is 22.9 Å². The van der Waals surface area contributed by atoms with Crippen molar-refractivity contribution in [2.24, 2.45) is 0 Å². The quantitative estimate of drug-likeness (QED) is 0.850. The maximum Gasteiger partial charge on any atom is 0.259 e. The minimum atomic E-state index is -3.71. The Kier molecular flexibility index (Phi) is 5.12. The Labute approximate surface area is 136 Å². The van der Waals surface area contributed by atoms with Gasteiger partial charge in [0.05, 0.1) is 15.5 Å². The lowest BCUT2D eigenvalue weighted by Crippen LogP contribution is -2.30. The van der Waals surface area contributed by atoms with Gasteiger partial charge < -0.3 is 0 Å². The molecule has 0 fully saturated rings. The minimum absolute atomic E-state index is 0.0342. The van der Waals surface area contributed by atoms with Gasteiger partial charge >= 0.3 is 0 Å². The molecule has 1 heterocycles. The van der Waals surface area contributed by atoms with Crippen molar-refractivity contribution in [3.8, 4) is 0 Å². The molecule has 0 atom stereocenters. The van der Waals surface area contributed by atoms with Gasteiger partial charge in [0.1, 0.15) is 5.51 Å². The molecular weight excluding hydrogens is 348 g/mol. The van der Waals surface area contributed by atoms with E-state index in [0.717, 1.165) is 11.3 Å². The van der Waals surface area contributed by atoms with E-state index >= 15 is 0 Å². The molecule has 2 rings (SSSR count). The zero-order valence-electron chi connectivity index (χ0n) is 11.7.